The molecule has 13 heavy (non-hydrogen) atoms. The van der Waals surface area contributed by atoms with Crippen LogP contribution in [0.5, 0.6) is 0 Å². The van der Waals surface area contributed by atoms with Gasteiger partial charge in [-0.3, -0.25) is 0 Å². The Balaban J connectivity index is 2.23. The normalized spacial score (nSPS) is 14.8. The molecule has 0 aliphatic heterocycles. The van der Waals surface area contributed by atoms with Gasteiger partial charge in [0.1, 0.15) is 0 Å². The summed E-state index contributed by atoms with van der Waals surface area (Å²) in [6.07, 6.45) is 2.49. The van der Waals surface area contributed by atoms with Gasteiger partial charge in [-0.15, -0.1) is 0 Å². The summed E-state index contributed by atoms with van der Waals surface area (Å²) in [4.78, 5) is 0. The molecule has 0 heterocycles. The lowest BCUT2D eigenvalue weighted by Gasteiger charge is -1.98. The summed E-state index contributed by atoms with van der Waals surface area (Å²) in [5.74, 6) is 6.92. The highest BCUT2D eigenvalue weighted by Crippen LogP contribution is 2.27. The van der Waals surface area contributed by atoms with Gasteiger partial charge in [-0.25, -0.2) is 0 Å². The molecular formula is C12H12O. The Morgan fingerprint density at radius 2 is 2.08 bits per heavy atom. The van der Waals surface area contributed by atoms with E-state index in [4.69, 9.17) is 5.11 Å². The number of aliphatic hydroxyl groups excluding tert-OH is 1. The molecule has 2 rings (SSSR count). The quantitative estimate of drug-likeness (QED) is 0.642. The van der Waals surface area contributed by atoms with Crippen LogP contribution in [0, 0.1) is 17.8 Å². The molecule has 66 valence electrons. The van der Waals surface area contributed by atoms with Crippen molar-refractivity contribution in [3.05, 3.63) is 35.4 Å². The first-order valence-corrected chi connectivity index (χ1v) is 4.60. The molecule has 0 radical (unpaired) electrons. The Morgan fingerprint density at radius 1 is 1.31 bits per heavy atom. The van der Waals surface area contributed by atoms with E-state index in [0.29, 0.717) is 5.92 Å². The van der Waals surface area contributed by atoms with Gasteiger partial charge in [0.05, 0.1) is 6.61 Å². The van der Waals surface area contributed by atoms with Crippen molar-refractivity contribution in [2.45, 2.75) is 19.4 Å². The second-order valence-corrected chi connectivity index (χ2v) is 3.36. The van der Waals surface area contributed by atoms with Gasteiger partial charge in [0, 0.05) is 11.5 Å². The van der Waals surface area contributed by atoms with Crippen LogP contribution < -0.4 is 0 Å². The van der Waals surface area contributed by atoms with Crippen LogP contribution in [-0.4, -0.2) is 5.11 Å². The van der Waals surface area contributed by atoms with Crippen molar-refractivity contribution in [2.24, 2.45) is 5.92 Å². The number of hydrogen-bond acceptors (Lipinski definition) is 1. The van der Waals surface area contributed by atoms with Crippen molar-refractivity contribution in [1.29, 1.82) is 0 Å². The molecular weight excluding hydrogens is 160 g/mol. The van der Waals surface area contributed by atoms with Crippen LogP contribution in [0.3, 0.4) is 0 Å². The molecule has 0 unspecified atom stereocenters. The van der Waals surface area contributed by atoms with Crippen molar-refractivity contribution < 1.29 is 5.11 Å². The second-order valence-electron chi connectivity index (χ2n) is 3.36. The smallest absolute Gasteiger partial charge is 0.0694 e. The van der Waals surface area contributed by atoms with Crippen molar-refractivity contribution in [1.82, 2.24) is 0 Å². The van der Waals surface area contributed by atoms with Gasteiger partial charge >= 0.3 is 0 Å². The third-order valence-corrected chi connectivity index (χ3v) is 2.18. The minimum Gasteiger partial charge on any atom is -0.392 e. The Hall–Kier alpha value is -1.26. The minimum absolute atomic E-state index is 0.0789. The Kier molecular flexibility index (Phi) is 2.33. The van der Waals surface area contributed by atoms with Crippen molar-refractivity contribution >= 4 is 0 Å². The Bertz CT molecular complexity index is 353. The molecule has 1 nitrogen and oxygen atoms in total. The number of aliphatic hydroxyl groups is 1. The third kappa shape index (κ3) is 2.11. The highest BCUT2D eigenvalue weighted by molar-refractivity contribution is 5.41. The van der Waals surface area contributed by atoms with Crippen molar-refractivity contribution in [3.8, 4) is 11.8 Å². The first kappa shape index (κ1) is 8.34. The van der Waals surface area contributed by atoms with Gasteiger partial charge in [0.2, 0.25) is 0 Å². The van der Waals surface area contributed by atoms with Crippen LogP contribution in [0.2, 0.25) is 0 Å². The van der Waals surface area contributed by atoms with Crippen LogP contribution in [0.1, 0.15) is 24.0 Å². The maximum atomic E-state index is 9.03. The van der Waals surface area contributed by atoms with E-state index in [9.17, 15) is 0 Å². The molecule has 0 spiro atoms. The molecule has 1 aliphatic carbocycles. The molecule has 0 amide bonds. The molecule has 1 aliphatic rings. The molecule has 1 N–H and O–H groups in total. The fraction of sp³-hybridized carbons (Fsp3) is 0.333. The lowest BCUT2D eigenvalue weighted by Crippen LogP contribution is -1.87. The maximum Gasteiger partial charge on any atom is 0.0694 e. The van der Waals surface area contributed by atoms with Gasteiger partial charge in [0.15, 0.2) is 0 Å². The van der Waals surface area contributed by atoms with Crippen molar-refractivity contribution in [3.63, 3.8) is 0 Å². The van der Waals surface area contributed by atoms with E-state index in [2.05, 4.69) is 11.8 Å². The average Bonchev–Trinajstić information content (AvgIpc) is 2.99. The van der Waals surface area contributed by atoms with E-state index < -0.39 is 0 Å². The van der Waals surface area contributed by atoms with E-state index in [1.165, 1.54) is 12.8 Å². The summed E-state index contributed by atoms with van der Waals surface area (Å²) in [5.41, 5.74) is 1.90. The predicted molar refractivity (Wildman–Crippen MR) is 52.0 cm³/mol. The molecule has 0 aromatic heterocycles. The Morgan fingerprint density at radius 3 is 2.77 bits per heavy atom. The SMILES string of the molecule is OCc1ccccc1C#CC1CC1. The summed E-state index contributed by atoms with van der Waals surface area (Å²) in [6.45, 7) is 0.0789. The molecule has 1 fully saturated rings. The standard InChI is InChI=1S/C12H12O/c13-9-12-4-2-1-3-11(12)8-7-10-5-6-10/h1-4,10,13H,5-6,9H2. The number of benzene rings is 1. The second kappa shape index (κ2) is 3.64. The van der Waals surface area contributed by atoms with Gasteiger partial charge in [-0.05, 0) is 24.5 Å². The van der Waals surface area contributed by atoms with Crippen LogP contribution in [0.25, 0.3) is 0 Å². The zero-order chi connectivity index (χ0) is 9.10. The fourth-order valence-electron chi connectivity index (χ4n) is 1.19. The van der Waals surface area contributed by atoms with E-state index in [1.807, 2.05) is 24.3 Å². The summed E-state index contributed by atoms with van der Waals surface area (Å²) in [5, 5.41) is 9.03. The number of hydrogen-bond donors (Lipinski definition) is 1. The van der Waals surface area contributed by atoms with Gasteiger partial charge < -0.3 is 5.11 Å². The average molecular weight is 172 g/mol. The molecule has 0 bridgehead atoms. The van der Waals surface area contributed by atoms with Crippen LogP contribution in [-0.2, 0) is 6.61 Å². The van der Waals surface area contributed by atoms with Gasteiger partial charge in [0.25, 0.3) is 0 Å². The fourth-order valence-corrected chi connectivity index (χ4v) is 1.19. The number of rotatable bonds is 1. The largest absolute Gasteiger partial charge is 0.392 e. The lowest BCUT2D eigenvalue weighted by atomic mass is 10.1. The zero-order valence-electron chi connectivity index (χ0n) is 7.46. The highest BCUT2D eigenvalue weighted by atomic mass is 16.3. The van der Waals surface area contributed by atoms with E-state index in [0.717, 1.165) is 11.1 Å². The molecule has 1 heteroatoms. The van der Waals surface area contributed by atoms with Gasteiger partial charge in [-0.1, -0.05) is 30.0 Å². The zero-order valence-corrected chi connectivity index (χ0v) is 7.46. The molecule has 1 aromatic rings. The molecule has 1 aromatic carbocycles. The van der Waals surface area contributed by atoms with E-state index >= 15 is 0 Å². The monoisotopic (exact) mass is 172 g/mol. The summed E-state index contributed by atoms with van der Waals surface area (Å²) in [7, 11) is 0. The van der Waals surface area contributed by atoms with Crippen LogP contribution in [0.4, 0.5) is 0 Å². The lowest BCUT2D eigenvalue weighted by molar-refractivity contribution is 0.281. The highest BCUT2D eigenvalue weighted by Gasteiger charge is 2.17. The minimum atomic E-state index is 0.0789. The van der Waals surface area contributed by atoms with E-state index in [-0.39, 0.29) is 6.61 Å². The first-order chi connectivity index (χ1) is 6.40. The van der Waals surface area contributed by atoms with Crippen molar-refractivity contribution in [2.75, 3.05) is 0 Å². The summed E-state index contributed by atoms with van der Waals surface area (Å²) >= 11 is 0. The maximum absolute atomic E-state index is 9.03. The molecule has 1 saturated carbocycles. The first-order valence-electron chi connectivity index (χ1n) is 4.60. The van der Waals surface area contributed by atoms with Crippen LogP contribution in [0.15, 0.2) is 24.3 Å². The predicted octanol–water partition coefficient (Wildman–Crippen LogP) is 1.94. The van der Waals surface area contributed by atoms with Gasteiger partial charge in [-0.2, -0.15) is 0 Å². The molecule has 0 atom stereocenters. The third-order valence-electron chi connectivity index (χ3n) is 2.18. The summed E-state index contributed by atoms with van der Waals surface area (Å²) in [6, 6.07) is 7.75. The summed E-state index contributed by atoms with van der Waals surface area (Å²) < 4.78 is 0. The van der Waals surface area contributed by atoms with Crippen LogP contribution >= 0.6 is 0 Å². The molecule has 0 saturated heterocycles. The van der Waals surface area contributed by atoms with E-state index in [1.54, 1.807) is 0 Å². The topological polar surface area (TPSA) is 20.2 Å². The Labute approximate surface area is 78.4 Å².